The van der Waals surface area contributed by atoms with Gasteiger partial charge in [0.05, 0.1) is 0 Å². The van der Waals surface area contributed by atoms with Gasteiger partial charge in [0.1, 0.15) is 0 Å². The van der Waals surface area contributed by atoms with E-state index >= 15 is 0 Å². The van der Waals surface area contributed by atoms with Gasteiger partial charge in [0.2, 0.25) is 0 Å². The minimum absolute atomic E-state index is 0.788. The third-order valence-electron chi connectivity index (χ3n) is 2.70. The summed E-state index contributed by atoms with van der Waals surface area (Å²) in [6.07, 6.45) is 6.62. The summed E-state index contributed by atoms with van der Waals surface area (Å²) in [5.41, 5.74) is 0. The molecule has 72 valence electrons. The second kappa shape index (κ2) is 5.82. The van der Waals surface area contributed by atoms with Crippen molar-refractivity contribution in [2.24, 2.45) is 0 Å². The lowest BCUT2D eigenvalue weighted by molar-refractivity contribution is 0.145. The Bertz CT molecular complexity index is 98.4. The van der Waals surface area contributed by atoms with Crippen LogP contribution in [0.2, 0.25) is 0 Å². The fourth-order valence-electron chi connectivity index (χ4n) is 2.09. The van der Waals surface area contributed by atoms with Crippen molar-refractivity contribution in [3.8, 4) is 0 Å². The van der Waals surface area contributed by atoms with Crippen LogP contribution in [-0.2, 0) is 0 Å². The highest BCUT2D eigenvalue weighted by molar-refractivity contribution is 6.17. The van der Waals surface area contributed by atoms with E-state index in [0.29, 0.717) is 0 Å². The van der Waals surface area contributed by atoms with E-state index in [-0.39, 0.29) is 0 Å². The van der Waals surface area contributed by atoms with Crippen LogP contribution in [0, 0.1) is 0 Å². The SMILES string of the molecule is CCCN1CCCC[C@H]1CCCl. The van der Waals surface area contributed by atoms with E-state index in [9.17, 15) is 0 Å². The highest BCUT2D eigenvalue weighted by Gasteiger charge is 2.20. The fraction of sp³-hybridized carbons (Fsp3) is 1.00. The molecule has 1 nitrogen and oxygen atoms in total. The van der Waals surface area contributed by atoms with Gasteiger partial charge in [-0.25, -0.2) is 0 Å². The molecule has 1 fully saturated rings. The molecule has 0 radical (unpaired) electrons. The standard InChI is InChI=1S/C10H20ClN/c1-2-8-12-9-4-3-5-10(12)6-7-11/h10H,2-9H2,1H3/t10-/m0/s1. The summed E-state index contributed by atoms with van der Waals surface area (Å²) in [6, 6.07) is 0.788. The molecule has 1 rings (SSSR count). The zero-order chi connectivity index (χ0) is 8.81. The Labute approximate surface area is 81.1 Å². The van der Waals surface area contributed by atoms with Crippen molar-refractivity contribution in [3.63, 3.8) is 0 Å². The van der Waals surface area contributed by atoms with Crippen LogP contribution in [0.1, 0.15) is 39.0 Å². The summed E-state index contributed by atoms with van der Waals surface area (Å²) in [4.78, 5) is 2.62. The predicted molar refractivity (Wildman–Crippen MR) is 54.8 cm³/mol. The van der Waals surface area contributed by atoms with Gasteiger partial charge in [0, 0.05) is 11.9 Å². The van der Waals surface area contributed by atoms with Gasteiger partial charge in [-0.2, -0.15) is 0 Å². The first kappa shape index (κ1) is 10.3. The lowest BCUT2D eigenvalue weighted by Gasteiger charge is -2.35. The first-order valence-corrected chi connectivity index (χ1v) is 5.72. The van der Waals surface area contributed by atoms with Gasteiger partial charge in [-0.1, -0.05) is 13.3 Å². The summed E-state index contributed by atoms with van der Waals surface area (Å²) in [5.74, 6) is 0.824. The van der Waals surface area contributed by atoms with Crippen molar-refractivity contribution in [1.82, 2.24) is 4.90 Å². The van der Waals surface area contributed by atoms with Gasteiger partial charge in [-0.05, 0) is 38.8 Å². The van der Waals surface area contributed by atoms with Gasteiger partial charge < -0.3 is 4.90 Å². The molecule has 0 saturated carbocycles. The topological polar surface area (TPSA) is 3.24 Å². The number of hydrogen-bond acceptors (Lipinski definition) is 1. The molecular formula is C10H20ClN. The number of piperidine rings is 1. The average Bonchev–Trinajstić information content (AvgIpc) is 2.09. The van der Waals surface area contributed by atoms with Gasteiger partial charge in [-0.15, -0.1) is 11.6 Å². The van der Waals surface area contributed by atoms with E-state index < -0.39 is 0 Å². The van der Waals surface area contributed by atoms with Crippen LogP contribution in [0.4, 0.5) is 0 Å². The van der Waals surface area contributed by atoms with Gasteiger partial charge in [0.25, 0.3) is 0 Å². The smallest absolute Gasteiger partial charge is 0.0238 e. The predicted octanol–water partition coefficient (Wildman–Crippen LogP) is 2.88. The quantitative estimate of drug-likeness (QED) is 0.615. The molecule has 1 saturated heterocycles. The van der Waals surface area contributed by atoms with E-state index in [1.807, 2.05) is 0 Å². The summed E-state index contributed by atoms with van der Waals surface area (Å²) in [5, 5.41) is 0. The second-order valence-corrected chi connectivity index (χ2v) is 4.04. The van der Waals surface area contributed by atoms with Crippen molar-refractivity contribution in [2.75, 3.05) is 19.0 Å². The van der Waals surface area contributed by atoms with E-state index in [4.69, 9.17) is 11.6 Å². The molecule has 0 N–H and O–H groups in total. The molecule has 0 unspecified atom stereocenters. The van der Waals surface area contributed by atoms with Gasteiger partial charge in [0.15, 0.2) is 0 Å². The maximum Gasteiger partial charge on any atom is 0.0238 e. The normalized spacial score (nSPS) is 26.0. The van der Waals surface area contributed by atoms with E-state index in [1.54, 1.807) is 0 Å². The number of halogens is 1. The molecule has 0 aromatic carbocycles. The molecule has 2 heteroatoms. The van der Waals surface area contributed by atoms with Gasteiger partial charge in [-0.3, -0.25) is 0 Å². The molecule has 0 aliphatic carbocycles. The number of nitrogens with zero attached hydrogens (tertiary/aromatic N) is 1. The lowest BCUT2D eigenvalue weighted by atomic mass is 10.00. The highest BCUT2D eigenvalue weighted by atomic mass is 35.5. The summed E-state index contributed by atoms with van der Waals surface area (Å²) in [6.45, 7) is 4.82. The molecule has 1 aliphatic heterocycles. The number of alkyl halides is 1. The molecule has 0 aromatic heterocycles. The van der Waals surface area contributed by atoms with E-state index in [1.165, 1.54) is 45.2 Å². The maximum atomic E-state index is 5.77. The largest absolute Gasteiger partial charge is 0.300 e. The van der Waals surface area contributed by atoms with Gasteiger partial charge >= 0.3 is 0 Å². The van der Waals surface area contributed by atoms with Crippen LogP contribution in [0.5, 0.6) is 0 Å². The Balaban J connectivity index is 2.31. The fourth-order valence-corrected chi connectivity index (χ4v) is 2.35. The van der Waals surface area contributed by atoms with Crippen molar-refractivity contribution in [2.45, 2.75) is 45.1 Å². The van der Waals surface area contributed by atoms with Crippen LogP contribution in [-0.4, -0.2) is 29.9 Å². The Morgan fingerprint density at radius 1 is 1.42 bits per heavy atom. The summed E-state index contributed by atoms with van der Waals surface area (Å²) < 4.78 is 0. The first-order valence-electron chi connectivity index (χ1n) is 5.18. The zero-order valence-corrected chi connectivity index (χ0v) is 8.82. The molecule has 0 spiro atoms. The van der Waals surface area contributed by atoms with Crippen molar-refractivity contribution >= 4 is 11.6 Å². The van der Waals surface area contributed by atoms with Crippen molar-refractivity contribution < 1.29 is 0 Å². The van der Waals surface area contributed by atoms with Crippen LogP contribution >= 0.6 is 11.6 Å². The minimum Gasteiger partial charge on any atom is -0.300 e. The van der Waals surface area contributed by atoms with E-state index in [2.05, 4.69) is 11.8 Å². The lowest BCUT2D eigenvalue weighted by Crippen LogP contribution is -2.40. The zero-order valence-electron chi connectivity index (χ0n) is 8.06. The summed E-state index contributed by atoms with van der Waals surface area (Å²) in [7, 11) is 0. The van der Waals surface area contributed by atoms with Crippen LogP contribution in [0.3, 0.4) is 0 Å². The number of hydrogen-bond donors (Lipinski definition) is 0. The molecule has 12 heavy (non-hydrogen) atoms. The Morgan fingerprint density at radius 3 is 2.92 bits per heavy atom. The molecule has 1 atom stereocenters. The van der Waals surface area contributed by atoms with E-state index in [0.717, 1.165) is 11.9 Å². The third-order valence-corrected chi connectivity index (χ3v) is 2.92. The Morgan fingerprint density at radius 2 is 2.25 bits per heavy atom. The Kier molecular flexibility index (Phi) is 5.01. The van der Waals surface area contributed by atoms with Crippen LogP contribution in [0.25, 0.3) is 0 Å². The average molecular weight is 190 g/mol. The minimum atomic E-state index is 0.788. The third kappa shape index (κ3) is 2.95. The Hall–Kier alpha value is 0.250. The van der Waals surface area contributed by atoms with Crippen molar-refractivity contribution in [3.05, 3.63) is 0 Å². The maximum absolute atomic E-state index is 5.77. The monoisotopic (exact) mass is 189 g/mol. The molecule has 0 bridgehead atoms. The van der Waals surface area contributed by atoms with Crippen LogP contribution in [0.15, 0.2) is 0 Å². The van der Waals surface area contributed by atoms with Crippen molar-refractivity contribution in [1.29, 1.82) is 0 Å². The second-order valence-electron chi connectivity index (χ2n) is 3.66. The van der Waals surface area contributed by atoms with Crippen LogP contribution < -0.4 is 0 Å². The summed E-state index contributed by atoms with van der Waals surface area (Å²) >= 11 is 5.77. The molecule has 0 aromatic rings. The molecule has 1 aliphatic rings. The molecular weight excluding hydrogens is 170 g/mol. The first-order chi connectivity index (χ1) is 5.88. The number of rotatable bonds is 4. The highest BCUT2D eigenvalue weighted by Crippen LogP contribution is 2.19. The molecule has 0 amide bonds. The number of likely N-dealkylation sites (tertiary alicyclic amines) is 1. The molecule has 1 heterocycles.